The predicted molar refractivity (Wildman–Crippen MR) is 99.8 cm³/mol. The van der Waals surface area contributed by atoms with Crippen molar-refractivity contribution in [3.8, 4) is 11.5 Å². The van der Waals surface area contributed by atoms with Gasteiger partial charge in [-0.25, -0.2) is 13.6 Å². The topological polar surface area (TPSA) is 81.9 Å². The van der Waals surface area contributed by atoms with Crippen molar-refractivity contribution in [2.24, 2.45) is 5.14 Å². The summed E-state index contributed by atoms with van der Waals surface area (Å²) in [6, 6.07) is 11.5. The fraction of sp³-hybridized carbons (Fsp3) is 0.368. The van der Waals surface area contributed by atoms with Gasteiger partial charge in [0.1, 0.15) is 16.4 Å². The van der Waals surface area contributed by atoms with Crippen molar-refractivity contribution in [1.29, 1.82) is 0 Å². The number of sulfonamides is 1. The summed E-state index contributed by atoms with van der Waals surface area (Å²) in [6.45, 7) is 5.00. The van der Waals surface area contributed by atoms with Crippen molar-refractivity contribution in [3.63, 3.8) is 0 Å². The molecule has 3 rings (SSSR count). The third-order valence-electron chi connectivity index (χ3n) is 4.50. The van der Waals surface area contributed by atoms with Crippen LogP contribution in [0.1, 0.15) is 23.6 Å². The number of nitrogens with zero attached hydrogens (tertiary/aromatic N) is 1. The first-order valence-corrected chi connectivity index (χ1v) is 10.1. The summed E-state index contributed by atoms with van der Waals surface area (Å²) in [6.07, 6.45) is 0.771. The Morgan fingerprint density at radius 1 is 1.19 bits per heavy atom. The first-order valence-electron chi connectivity index (χ1n) is 8.57. The molecule has 0 amide bonds. The maximum Gasteiger partial charge on any atom is 0.241 e. The van der Waals surface area contributed by atoms with Gasteiger partial charge >= 0.3 is 0 Å². The molecule has 0 saturated heterocycles. The second-order valence-electron chi connectivity index (χ2n) is 6.36. The van der Waals surface area contributed by atoms with Crippen LogP contribution in [0.3, 0.4) is 0 Å². The number of hydrogen-bond donors (Lipinski definition) is 1. The highest BCUT2D eigenvalue weighted by molar-refractivity contribution is 7.89. The van der Waals surface area contributed by atoms with Crippen LogP contribution in [-0.2, 0) is 29.5 Å². The van der Waals surface area contributed by atoms with Crippen molar-refractivity contribution in [2.45, 2.75) is 31.3 Å². The molecule has 140 valence electrons. The maximum absolute atomic E-state index is 11.8. The lowest BCUT2D eigenvalue weighted by Gasteiger charge is -2.29. The molecular weight excluding hydrogens is 352 g/mol. The summed E-state index contributed by atoms with van der Waals surface area (Å²) in [5, 5.41) is 5.30. The second-order valence-corrected chi connectivity index (χ2v) is 7.89. The number of fused-ring (bicyclic) bond motifs is 1. The quantitative estimate of drug-likeness (QED) is 0.837. The number of nitrogens with two attached hydrogens (primary N) is 1. The highest BCUT2D eigenvalue weighted by atomic mass is 32.2. The lowest BCUT2D eigenvalue weighted by molar-refractivity contribution is 0.244. The van der Waals surface area contributed by atoms with Crippen LogP contribution in [0.15, 0.2) is 41.3 Å². The van der Waals surface area contributed by atoms with E-state index in [0.29, 0.717) is 12.4 Å². The highest BCUT2D eigenvalue weighted by Gasteiger charge is 2.23. The SMILES string of the molecule is CCOc1cccc(CN2CCc3cc(S(N)(=O)=O)c(OC)cc3C2)c1. The first kappa shape index (κ1) is 18.7. The van der Waals surface area contributed by atoms with Crippen molar-refractivity contribution in [3.05, 3.63) is 53.1 Å². The Morgan fingerprint density at radius 2 is 2.00 bits per heavy atom. The smallest absolute Gasteiger partial charge is 0.241 e. The minimum atomic E-state index is -3.80. The van der Waals surface area contributed by atoms with Crippen molar-refractivity contribution >= 4 is 10.0 Å². The zero-order valence-electron chi connectivity index (χ0n) is 15.1. The first-order chi connectivity index (χ1) is 12.4. The van der Waals surface area contributed by atoms with Gasteiger partial charge in [0.25, 0.3) is 0 Å². The van der Waals surface area contributed by atoms with Gasteiger partial charge in [-0.05, 0) is 54.3 Å². The molecule has 2 aromatic carbocycles. The second kappa shape index (κ2) is 7.65. The molecule has 1 heterocycles. The van der Waals surface area contributed by atoms with Gasteiger partial charge in [-0.3, -0.25) is 4.90 Å². The summed E-state index contributed by atoms with van der Waals surface area (Å²) in [5.74, 6) is 1.17. The number of methoxy groups -OCH3 is 1. The monoisotopic (exact) mass is 376 g/mol. The third kappa shape index (κ3) is 4.17. The van der Waals surface area contributed by atoms with E-state index in [0.717, 1.165) is 42.9 Å². The van der Waals surface area contributed by atoms with E-state index in [4.69, 9.17) is 14.6 Å². The van der Waals surface area contributed by atoms with E-state index in [2.05, 4.69) is 17.0 Å². The van der Waals surface area contributed by atoms with Crippen LogP contribution in [0.5, 0.6) is 11.5 Å². The minimum absolute atomic E-state index is 0.0524. The molecular formula is C19H24N2O4S. The molecule has 26 heavy (non-hydrogen) atoms. The summed E-state index contributed by atoms with van der Waals surface area (Å²) in [4.78, 5) is 2.38. The van der Waals surface area contributed by atoms with Gasteiger partial charge in [0.05, 0.1) is 13.7 Å². The number of primary sulfonamides is 1. The van der Waals surface area contributed by atoms with Crippen LogP contribution >= 0.6 is 0 Å². The van der Waals surface area contributed by atoms with E-state index in [1.54, 1.807) is 12.1 Å². The Labute approximate surface area is 154 Å². The molecule has 0 aromatic heterocycles. The van der Waals surface area contributed by atoms with Gasteiger partial charge in [0, 0.05) is 19.6 Å². The summed E-state index contributed by atoms with van der Waals surface area (Å²) < 4.78 is 34.3. The Bertz CT molecular complexity index is 896. The summed E-state index contributed by atoms with van der Waals surface area (Å²) >= 11 is 0. The average Bonchev–Trinajstić information content (AvgIpc) is 2.60. The normalized spacial score (nSPS) is 14.7. The lowest BCUT2D eigenvalue weighted by atomic mass is 9.99. The van der Waals surface area contributed by atoms with Crippen molar-refractivity contribution in [1.82, 2.24) is 4.90 Å². The highest BCUT2D eigenvalue weighted by Crippen LogP contribution is 2.31. The van der Waals surface area contributed by atoms with Crippen LogP contribution in [-0.4, -0.2) is 33.6 Å². The molecule has 2 N–H and O–H groups in total. The number of rotatable bonds is 6. The molecule has 0 aliphatic carbocycles. The standard InChI is InChI=1S/C19H24N2O4S/c1-3-25-17-6-4-5-14(9-17)12-21-8-7-15-11-19(26(20,22)23)18(24-2)10-16(15)13-21/h4-6,9-11H,3,7-8,12-13H2,1-2H3,(H2,20,22,23). The molecule has 0 bridgehead atoms. The molecule has 2 aromatic rings. The Kier molecular flexibility index (Phi) is 5.50. The van der Waals surface area contributed by atoms with Crippen LogP contribution in [0.25, 0.3) is 0 Å². The van der Waals surface area contributed by atoms with Crippen LogP contribution < -0.4 is 14.6 Å². The van der Waals surface area contributed by atoms with E-state index in [-0.39, 0.29) is 4.90 Å². The molecule has 0 atom stereocenters. The number of benzene rings is 2. The summed E-state index contributed by atoms with van der Waals surface area (Å²) in [7, 11) is -2.35. The van der Waals surface area contributed by atoms with E-state index in [9.17, 15) is 8.42 Å². The van der Waals surface area contributed by atoms with Crippen LogP contribution in [0.2, 0.25) is 0 Å². The molecule has 7 heteroatoms. The molecule has 0 saturated carbocycles. The largest absolute Gasteiger partial charge is 0.495 e. The van der Waals surface area contributed by atoms with Crippen LogP contribution in [0.4, 0.5) is 0 Å². The van der Waals surface area contributed by atoms with E-state index < -0.39 is 10.0 Å². The molecule has 1 aliphatic rings. The van der Waals surface area contributed by atoms with Gasteiger partial charge in [-0.2, -0.15) is 0 Å². The predicted octanol–water partition coefficient (Wildman–Crippen LogP) is 2.30. The average molecular weight is 376 g/mol. The number of hydrogen-bond acceptors (Lipinski definition) is 5. The number of ether oxygens (including phenoxy) is 2. The zero-order chi connectivity index (χ0) is 18.7. The van der Waals surface area contributed by atoms with Crippen molar-refractivity contribution in [2.75, 3.05) is 20.3 Å². The molecule has 0 fully saturated rings. The maximum atomic E-state index is 11.8. The fourth-order valence-electron chi connectivity index (χ4n) is 3.30. The van der Waals surface area contributed by atoms with Crippen molar-refractivity contribution < 1.29 is 17.9 Å². The summed E-state index contributed by atoms with van der Waals surface area (Å²) in [5.41, 5.74) is 3.27. The van der Waals surface area contributed by atoms with E-state index >= 15 is 0 Å². The Hall–Kier alpha value is -2.09. The van der Waals surface area contributed by atoms with Crippen LogP contribution in [0, 0.1) is 0 Å². The lowest BCUT2D eigenvalue weighted by Crippen LogP contribution is -2.30. The van der Waals surface area contributed by atoms with E-state index in [1.165, 1.54) is 12.7 Å². The van der Waals surface area contributed by atoms with E-state index in [1.807, 2.05) is 19.1 Å². The Morgan fingerprint density at radius 3 is 2.69 bits per heavy atom. The Balaban J connectivity index is 1.80. The third-order valence-corrected chi connectivity index (χ3v) is 5.43. The minimum Gasteiger partial charge on any atom is -0.495 e. The van der Waals surface area contributed by atoms with Gasteiger partial charge in [-0.15, -0.1) is 0 Å². The van der Waals surface area contributed by atoms with Gasteiger partial charge in [0.15, 0.2) is 0 Å². The molecule has 0 radical (unpaired) electrons. The zero-order valence-corrected chi connectivity index (χ0v) is 15.9. The molecule has 0 spiro atoms. The van der Waals surface area contributed by atoms with Gasteiger partial charge < -0.3 is 9.47 Å². The van der Waals surface area contributed by atoms with Gasteiger partial charge in [-0.1, -0.05) is 12.1 Å². The molecule has 6 nitrogen and oxygen atoms in total. The molecule has 0 unspecified atom stereocenters. The molecule has 1 aliphatic heterocycles. The fourth-order valence-corrected chi connectivity index (χ4v) is 4.03. The van der Waals surface area contributed by atoms with Gasteiger partial charge in [0.2, 0.25) is 10.0 Å².